The average Bonchev–Trinajstić information content (AvgIpc) is 2.64. The molecule has 0 aliphatic rings. The molecule has 0 saturated heterocycles. The SMILES string of the molecule is C=CCOc1ccc2c(C)cc(=O)oc2c1C(=O)/C=C/c1cccnc1. The van der Waals surface area contributed by atoms with Crippen LogP contribution in [0.15, 0.2) is 70.7 Å². The number of nitrogens with zero attached hydrogens (tertiary/aromatic N) is 1. The van der Waals surface area contributed by atoms with Crippen LogP contribution in [0.4, 0.5) is 0 Å². The first-order chi connectivity index (χ1) is 12.6. The molecule has 0 atom stereocenters. The van der Waals surface area contributed by atoms with Gasteiger partial charge in [-0.2, -0.15) is 0 Å². The maximum Gasteiger partial charge on any atom is 0.336 e. The summed E-state index contributed by atoms with van der Waals surface area (Å²) in [4.78, 5) is 28.7. The zero-order chi connectivity index (χ0) is 18.5. The van der Waals surface area contributed by atoms with Crippen LogP contribution in [0.25, 0.3) is 17.0 Å². The van der Waals surface area contributed by atoms with Crippen LogP contribution in [0, 0.1) is 6.92 Å². The number of aryl methyl sites for hydroxylation is 1. The van der Waals surface area contributed by atoms with Crippen molar-refractivity contribution in [3.05, 3.63) is 88.6 Å². The first-order valence-electron chi connectivity index (χ1n) is 8.03. The minimum absolute atomic E-state index is 0.213. The summed E-state index contributed by atoms with van der Waals surface area (Å²) >= 11 is 0. The van der Waals surface area contributed by atoms with E-state index in [0.29, 0.717) is 11.1 Å². The van der Waals surface area contributed by atoms with Gasteiger partial charge in [0.2, 0.25) is 0 Å². The third kappa shape index (κ3) is 3.62. The Kier molecular flexibility index (Phi) is 5.08. The molecule has 0 radical (unpaired) electrons. The van der Waals surface area contributed by atoms with Gasteiger partial charge in [0.1, 0.15) is 17.9 Å². The summed E-state index contributed by atoms with van der Waals surface area (Å²) < 4.78 is 10.9. The lowest BCUT2D eigenvalue weighted by molar-refractivity contribution is 0.104. The molecule has 26 heavy (non-hydrogen) atoms. The van der Waals surface area contributed by atoms with Crippen LogP contribution in [0.5, 0.6) is 5.75 Å². The van der Waals surface area contributed by atoms with Gasteiger partial charge in [0.05, 0.1) is 0 Å². The molecule has 0 aliphatic carbocycles. The number of carbonyl (C=O) groups is 1. The van der Waals surface area contributed by atoms with Crippen LogP contribution in [0.2, 0.25) is 0 Å². The summed E-state index contributed by atoms with van der Waals surface area (Å²) in [5, 5.41) is 0.689. The standard InChI is InChI=1S/C21H17NO4/c1-3-11-25-18-9-7-16-14(2)12-19(24)26-21(16)20(18)17(23)8-6-15-5-4-10-22-13-15/h3-10,12-13H,1,11H2,2H3/b8-6+. The van der Waals surface area contributed by atoms with Crippen LogP contribution in [0.1, 0.15) is 21.5 Å². The van der Waals surface area contributed by atoms with E-state index in [-0.39, 0.29) is 23.5 Å². The first kappa shape index (κ1) is 17.4. The van der Waals surface area contributed by atoms with E-state index in [1.54, 1.807) is 49.7 Å². The summed E-state index contributed by atoms with van der Waals surface area (Å²) in [5.41, 5.74) is 1.44. The van der Waals surface area contributed by atoms with E-state index in [9.17, 15) is 9.59 Å². The molecule has 0 spiro atoms. The first-order valence-corrected chi connectivity index (χ1v) is 8.03. The smallest absolute Gasteiger partial charge is 0.336 e. The molecule has 0 N–H and O–H groups in total. The maximum absolute atomic E-state index is 12.9. The zero-order valence-electron chi connectivity index (χ0n) is 14.3. The molecule has 1 aromatic carbocycles. The fraction of sp³-hybridized carbons (Fsp3) is 0.0952. The van der Waals surface area contributed by atoms with Crippen molar-refractivity contribution in [1.29, 1.82) is 0 Å². The van der Waals surface area contributed by atoms with Crippen LogP contribution >= 0.6 is 0 Å². The summed E-state index contributed by atoms with van der Waals surface area (Å²) in [6.45, 7) is 5.64. The Bertz CT molecular complexity index is 1050. The third-order valence-corrected chi connectivity index (χ3v) is 3.80. The summed E-state index contributed by atoms with van der Waals surface area (Å²) in [6, 6.07) is 8.48. The molecule has 5 nitrogen and oxygen atoms in total. The molecule has 0 aliphatic heterocycles. The van der Waals surface area contributed by atoms with Gasteiger partial charge in [0.25, 0.3) is 0 Å². The van der Waals surface area contributed by atoms with E-state index in [4.69, 9.17) is 9.15 Å². The van der Waals surface area contributed by atoms with Gasteiger partial charge in [0.15, 0.2) is 11.4 Å². The van der Waals surface area contributed by atoms with Gasteiger partial charge < -0.3 is 9.15 Å². The largest absolute Gasteiger partial charge is 0.489 e. The highest BCUT2D eigenvalue weighted by Crippen LogP contribution is 2.30. The van der Waals surface area contributed by atoms with Gasteiger partial charge in [-0.3, -0.25) is 9.78 Å². The number of hydrogen-bond donors (Lipinski definition) is 0. The molecule has 2 aromatic heterocycles. The van der Waals surface area contributed by atoms with Crippen LogP contribution < -0.4 is 10.4 Å². The average molecular weight is 347 g/mol. The molecule has 0 fully saturated rings. The highest BCUT2D eigenvalue weighted by Gasteiger charge is 2.18. The lowest BCUT2D eigenvalue weighted by atomic mass is 10.0. The molecule has 0 unspecified atom stereocenters. The fourth-order valence-corrected chi connectivity index (χ4v) is 2.60. The van der Waals surface area contributed by atoms with Crippen molar-refractivity contribution < 1.29 is 13.9 Å². The van der Waals surface area contributed by atoms with Crippen molar-refractivity contribution in [2.24, 2.45) is 0 Å². The molecule has 0 saturated carbocycles. The maximum atomic E-state index is 12.9. The Morgan fingerprint density at radius 1 is 1.35 bits per heavy atom. The second-order valence-electron chi connectivity index (χ2n) is 5.65. The summed E-state index contributed by atoms with van der Waals surface area (Å²) in [6.07, 6.45) is 7.94. The summed E-state index contributed by atoms with van der Waals surface area (Å²) in [7, 11) is 0. The fourth-order valence-electron chi connectivity index (χ4n) is 2.60. The van der Waals surface area contributed by atoms with Crippen LogP contribution in [0.3, 0.4) is 0 Å². The van der Waals surface area contributed by atoms with Crippen molar-refractivity contribution in [2.75, 3.05) is 6.61 Å². The van der Waals surface area contributed by atoms with Crippen molar-refractivity contribution in [3.63, 3.8) is 0 Å². The quantitative estimate of drug-likeness (QED) is 0.292. The molecule has 5 heteroatoms. The van der Waals surface area contributed by atoms with Crippen LogP contribution in [-0.4, -0.2) is 17.4 Å². The molecule has 130 valence electrons. The van der Waals surface area contributed by atoms with Gasteiger partial charge in [-0.05, 0) is 48.4 Å². The predicted octanol–water partition coefficient (Wildman–Crippen LogP) is 3.96. The second kappa shape index (κ2) is 7.61. The van der Waals surface area contributed by atoms with Crippen molar-refractivity contribution in [1.82, 2.24) is 4.98 Å². The lowest BCUT2D eigenvalue weighted by Gasteiger charge is -2.11. The van der Waals surface area contributed by atoms with Gasteiger partial charge in [-0.15, -0.1) is 0 Å². The number of carbonyl (C=O) groups excluding carboxylic acids is 1. The molecular formula is C21H17NO4. The van der Waals surface area contributed by atoms with Crippen molar-refractivity contribution >= 4 is 22.8 Å². The van der Waals surface area contributed by atoms with Gasteiger partial charge in [0, 0.05) is 23.8 Å². The minimum Gasteiger partial charge on any atom is -0.489 e. The van der Waals surface area contributed by atoms with E-state index in [2.05, 4.69) is 11.6 Å². The number of ketones is 1. The van der Waals surface area contributed by atoms with Crippen molar-refractivity contribution in [3.8, 4) is 5.75 Å². The van der Waals surface area contributed by atoms with E-state index in [1.807, 2.05) is 6.07 Å². The Labute approximate surface area is 150 Å². The number of allylic oxidation sites excluding steroid dienone is 1. The molecule has 3 aromatic rings. The summed E-state index contributed by atoms with van der Waals surface area (Å²) in [5.74, 6) is 0.0132. The second-order valence-corrected chi connectivity index (χ2v) is 5.65. The third-order valence-electron chi connectivity index (χ3n) is 3.80. The molecule has 3 rings (SSSR count). The van der Waals surface area contributed by atoms with Gasteiger partial charge in [-0.1, -0.05) is 18.7 Å². The molecular weight excluding hydrogens is 330 g/mol. The molecule has 2 heterocycles. The Morgan fingerprint density at radius 3 is 2.92 bits per heavy atom. The van der Waals surface area contributed by atoms with E-state index >= 15 is 0 Å². The number of pyridine rings is 1. The Morgan fingerprint density at radius 2 is 2.19 bits per heavy atom. The van der Waals surface area contributed by atoms with Crippen molar-refractivity contribution in [2.45, 2.75) is 6.92 Å². The number of aromatic nitrogens is 1. The van der Waals surface area contributed by atoms with E-state index in [1.165, 1.54) is 12.1 Å². The molecule has 0 bridgehead atoms. The number of hydrogen-bond acceptors (Lipinski definition) is 5. The van der Waals surface area contributed by atoms with Gasteiger partial charge >= 0.3 is 5.63 Å². The normalized spacial score (nSPS) is 11.0. The monoisotopic (exact) mass is 347 g/mol. The number of benzene rings is 1. The highest BCUT2D eigenvalue weighted by atomic mass is 16.5. The minimum atomic E-state index is -0.513. The number of rotatable bonds is 6. The number of fused-ring (bicyclic) bond motifs is 1. The predicted molar refractivity (Wildman–Crippen MR) is 101 cm³/mol. The topological polar surface area (TPSA) is 69.4 Å². The Hall–Kier alpha value is -3.47. The zero-order valence-corrected chi connectivity index (χ0v) is 14.3. The van der Waals surface area contributed by atoms with E-state index < -0.39 is 5.63 Å². The number of ether oxygens (including phenoxy) is 1. The highest BCUT2D eigenvalue weighted by molar-refractivity contribution is 6.15. The Balaban J connectivity index is 2.14. The van der Waals surface area contributed by atoms with Gasteiger partial charge in [-0.25, -0.2) is 4.79 Å². The van der Waals surface area contributed by atoms with E-state index in [0.717, 1.165) is 11.1 Å². The molecule has 0 amide bonds. The van der Waals surface area contributed by atoms with Crippen LogP contribution in [-0.2, 0) is 0 Å². The lowest BCUT2D eigenvalue weighted by Crippen LogP contribution is -2.06.